The second-order valence-electron chi connectivity index (χ2n) is 3.13. The van der Waals surface area contributed by atoms with Crippen molar-refractivity contribution >= 4 is 11.6 Å². The van der Waals surface area contributed by atoms with Gasteiger partial charge in [0.1, 0.15) is 5.82 Å². The fourth-order valence-electron chi connectivity index (χ4n) is 1.33. The lowest BCUT2D eigenvalue weighted by Crippen LogP contribution is -2.22. The number of Topliss-reactive ketones (excluding diaryl/α,β-unsaturated/α-hetero) is 1. The maximum Gasteiger partial charge on any atom is 0.161 e. The Morgan fingerprint density at radius 1 is 1.11 bits per heavy atom. The molecule has 1 aromatic heterocycles. The summed E-state index contributed by atoms with van der Waals surface area (Å²) in [6.45, 7) is 15.6. The Hall–Kier alpha value is -1.38. The van der Waals surface area contributed by atoms with Crippen molar-refractivity contribution in [2.75, 3.05) is 18.0 Å². The highest BCUT2D eigenvalue weighted by molar-refractivity contribution is 5.93. The highest BCUT2D eigenvalue weighted by Crippen LogP contribution is 2.10. The summed E-state index contributed by atoms with van der Waals surface area (Å²) >= 11 is 0. The molecule has 0 saturated carbocycles. The maximum absolute atomic E-state index is 11.0. The Kier molecular flexibility index (Phi) is 12.7. The lowest BCUT2D eigenvalue weighted by Gasteiger charge is -2.19. The predicted octanol–water partition coefficient (Wildman–Crippen LogP) is 4.18. The van der Waals surface area contributed by atoms with E-state index in [4.69, 9.17) is 0 Å². The molecule has 104 valence electrons. The van der Waals surface area contributed by atoms with E-state index in [-0.39, 0.29) is 5.78 Å². The first-order chi connectivity index (χ1) is 8.69. The fourth-order valence-corrected chi connectivity index (χ4v) is 1.33. The number of ketones is 1. The molecule has 0 N–H and O–H groups in total. The number of anilines is 1. The largest absolute Gasteiger partial charge is 0.357 e. The summed E-state index contributed by atoms with van der Waals surface area (Å²) in [7, 11) is 0. The molecule has 1 aromatic rings. The zero-order valence-electron chi connectivity index (χ0n) is 12.9. The topological polar surface area (TPSA) is 33.2 Å². The van der Waals surface area contributed by atoms with Gasteiger partial charge in [-0.15, -0.1) is 0 Å². The van der Waals surface area contributed by atoms with Crippen LogP contribution >= 0.6 is 0 Å². The molecule has 0 aliphatic heterocycles. The standard InChI is InChI=1S/C11H16N2O.2C2H6/c1-4-13(5-2)11-7-6-10(8-12-11)9(3)14;2*1-2/h6-8H,4-5H2,1-3H3;2*1-2H3. The van der Waals surface area contributed by atoms with Gasteiger partial charge in [-0.2, -0.15) is 0 Å². The molecular weight excluding hydrogens is 224 g/mol. The van der Waals surface area contributed by atoms with Crippen LogP contribution in [-0.2, 0) is 0 Å². The Bertz CT molecular complexity index is 303. The van der Waals surface area contributed by atoms with E-state index in [1.165, 1.54) is 0 Å². The van der Waals surface area contributed by atoms with Gasteiger partial charge in [0.2, 0.25) is 0 Å². The molecule has 1 rings (SSSR count). The molecule has 0 aliphatic carbocycles. The van der Waals surface area contributed by atoms with E-state index in [2.05, 4.69) is 23.7 Å². The van der Waals surface area contributed by atoms with Crippen LogP contribution in [0.4, 0.5) is 5.82 Å². The minimum absolute atomic E-state index is 0.0589. The van der Waals surface area contributed by atoms with Gasteiger partial charge in [-0.3, -0.25) is 4.79 Å². The number of pyridine rings is 1. The molecule has 0 unspecified atom stereocenters. The number of carbonyl (C=O) groups excluding carboxylic acids is 1. The van der Waals surface area contributed by atoms with Crippen molar-refractivity contribution in [3.05, 3.63) is 23.9 Å². The number of nitrogens with zero attached hydrogens (tertiary/aromatic N) is 2. The van der Waals surface area contributed by atoms with Crippen LogP contribution in [0.25, 0.3) is 0 Å². The van der Waals surface area contributed by atoms with Gasteiger partial charge in [0, 0.05) is 24.8 Å². The minimum atomic E-state index is 0.0589. The molecule has 0 aliphatic rings. The Morgan fingerprint density at radius 3 is 1.89 bits per heavy atom. The Labute approximate surface area is 112 Å². The van der Waals surface area contributed by atoms with Gasteiger partial charge in [0.15, 0.2) is 5.78 Å². The summed E-state index contributed by atoms with van der Waals surface area (Å²) in [6, 6.07) is 3.72. The predicted molar refractivity (Wildman–Crippen MR) is 80.5 cm³/mol. The second-order valence-corrected chi connectivity index (χ2v) is 3.13. The highest BCUT2D eigenvalue weighted by atomic mass is 16.1. The van der Waals surface area contributed by atoms with Crippen molar-refractivity contribution in [2.24, 2.45) is 0 Å². The maximum atomic E-state index is 11.0. The summed E-state index contributed by atoms with van der Waals surface area (Å²) in [4.78, 5) is 17.4. The van der Waals surface area contributed by atoms with Crippen molar-refractivity contribution < 1.29 is 4.79 Å². The van der Waals surface area contributed by atoms with Crippen molar-refractivity contribution in [2.45, 2.75) is 48.5 Å². The van der Waals surface area contributed by atoms with E-state index >= 15 is 0 Å². The van der Waals surface area contributed by atoms with Crippen LogP contribution < -0.4 is 4.90 Å². The highest BCUT2D eigenvalue weighted by Gasteiger charge is 2.04. The third-order valence-corrected chi connectivity index (χ3v) is 2.24. The van der Waals surface area contributed by atoms with Crippen LogP contribution in [0.1, 0.15) is 58.8 Å². The quantitative estimate of drug-likeness (QED) is 0.754. The van der Waals surface area contributed by atoms with Crippen molar-refractivity contribution in [3.63, 3.8) is 0 Å². The normalized spacial score (nSPS) is 8.39. The van der Waals surface area contributed by atoms with Crippen molar-refractivity contribution in [3.8, 4) is 0 Å². The minimum Gasteiger partial charge on any atom is -0.357 e. The van der Waals surface area contributed by atoms with E-state index < -0.39 is 0 Å². The molecule has 3 heteroatoms. The van der Waals surface area contributed by atoms with Gasteiger partial charge in [-0.25, -0.2) is 4.98 Å². The van der Waals surface area contributed by atoms with Gasteiger partial charge in [0.25, 0.3) is 0 Å². The molecule has 0 atom stereocenters. The van der Waals surface area contributed by atoms with Gasteiger partial charge < -0.3 is 4.90 Å². The third-order valence-electron chi connectivity index (χ3n) is 2.24. The zero-order chi connectivity index (χ0) is 14.6. The summed E-state index contributed by atoms with van der Waals surface area (Å²) in [5.41, 5.74) is 0.668. The van der Waals surface area contributed by atoms with Crippen LogP contribution in [0.5, 0.6) is 0 Å². The molecule has 3 nitrogen and oxygen atoms in total. The molecule has 0 saturated heterocycles. The van der Waals surface area contributed by atoms with Gasteiger partial charge in [-0.05, 0) is 32.9 Å². The van der Waals surface area contributed by atoms with E-state index in [9.17, 15) is 4.79 Å². The molecular formula is C15H28N2O. The van der Waals surface area contributed by atoms with Crippen molar-refractivity contribution in [1.29, 1.82) is 0 Å². The van der Waals surface area contributed by atoms with Crippen LogP contribution in [0.3, 0.4) is 0 Å². The molecule has 1 heterocycles. The van der Waals surface area contributed by atoms with Gasteiger partial charge in [-0.1, -0.05) is 27.7 Å². The van der Waals surface area contributed by atoms with Gasteiger partial charge >= 0.3 is 0 Å². The summed E-state index contributed by atoms with van der Waals surface area (Å²) in [6.07, 6.45) is 1.63. The summed E-state index contributed by atoms with van der Waals surface area (Å²) in [5, 5.41) is 0. The lowest BCUT2D eigenvalue weighted by atomic mass is 10.2. The van der Waals surface area contributed by atoms with Crippen LogP contribution in [0, 0.1) is 0 Å². The molecule has 0 fully saturated rings. The van der Waals surface area contributed by atoms with Crippen LogP contribution in [0.15, 0.2) is 18.3 Å². The molecule has 0 spiro atoms. The van der Waals surface area contributed by atoms with E-state index in [1.54, 1.807) is 13.1 Å². The number of hydrogen-bond acceptors (Lipinski definition) is 3. The fraction of sp³-hybridized carbons (Fsp3) is 0.600. The molecule has 0 bridgehead atoms. The van der Waals surface area contributed by atoms with Crippen molar-refractivity contribution in [1.82, 2.24) is 4.98 Å². The smallest absolute Gasteiger partial charge is 0.161 e. The Balaban J connectivity index is 0. The second kappa shape index (κ2) is 12.1. The number of hydrogen-bond donors (Lipinski definition) is 0. The SMILES string of the molecule is CC.CC.CCN(CC)c1ccc(C(C)=O)cn1. The molecule has 18 heavy (non-hydrogen) atoms. The summed E-state index contributed by atoms with van der Waals surface area (Å²) in [5.74, 6) is 0.989. The van der Waals surface area contributed by atoms with Crippen LogP contribution in [-0.4, -0.2) is 23.9 Å². The monoisotopic (exact) mass is 252 g/mol. The summed E-state index contributed by atoms with van der Waals surface area (Å²) < 4.78 is 0. The third kappa shape index (κ3) is 6.38. The number of rotatable bonds is 4. The number of aromatic nitrogens is 1. The average Bonchev–Trinajstić information content (AvgIpc) is 2.45. The first kappa shape index (κ1) is 19.0. The zero-order valence-corrected chi connectivity index (χ0v) is 12.9. The average molecular weight is 252 g/mol. The molecule has 0 aromatic carbocycles. The van der Waals surface area contributed by atoms with E-state index in [0.717, 1.165) is 18.9 Å². The van der Waals surface area contributed by atoms with Crippen LogP contribution in [0.2, 0.25) is 0 Å². The van der Waals surface area contributed by atoms with E-state index in [1.807, 2.05) is 39.8 Å². The Morgan fingerprint density at radius 2 is 1.61 bits per heavy atom. The van der Waals surface area contributed by atoms with E-state index in [0.29, 0.717) is 5.56 Å². The first-order valence-electron chi connectivity index (χ1n) is 6.91. The van der Waals surface area contributed by atoms with Gasteiger partial charge in [0.05, 0.1) is 0 Å². The first-order valence-corrected chi connectivity index (χ1v) is 6.91. The molecule has 0 radical (unpaired) electrons. The lowest BCUT2D eigenvalue weighted by molar-refractivity contribution is 0.101. The molecule has 0 amide bonds. The number of carbonyl (C=O) groups is 1.